The molecule has 0 bridgehead atoms. The van der Waals surface area contributed by atoms with Crippen molar-refractivity contribution in [1.29, 1.82) is 0 Å². The van der Waals surface area contributed by atoms with E-state index in [4.69, 9.17) is 4.74 Å². The van der Waals surface area contributed by atoms with E-state index >= 15 is 0 Å². The number of para-hydroxylation sites is 2. The highest BCUT2D eigenvalue weighted by Gasteiger charge is 2.19. The Balaban J connectivity index is 1.53. The van der Waals surface area contributed by atoms with E-state index in [1.54, 1.807) is 16.7 Å². The number of halogens is 1. The molecule has 0 radical (unpaired) electrons. The van der Waals surface area contributed by atoms with Gasteiger partial charge in [-0.3, -0.25) is 14.4 Å². The van der Waals surface area contributed by atoms with Crippen molar-refractivity contribution in [3.63, 3.8) is 0 Å². The lowest BCUT2D eigenvalue weighted by Gasteiger charge is -2.14. The van der Waals surface area contributed by atoms with Gasteiger partial charge in [0.1, 0.15) is 11.5 Å². The first-order valence-corrected chi connectivity index (χ1v) is 11.6. The fourth-order valence-electron chi connectivity index (χ4n) is 3.60. The van der Waals surface area contributed by atoms with Gasteiger partial charge < -0.3 is 14.6 Å². The number of hydrogen-bond donors (Lipinski definition) is 1. The molecular formula is C26H30FN3O4. The van der Waals surface area contributed by atoms with Gasteiger partial charge in [-0.05, 0) is 49.6 Å². The molecule has 7 nitrogen and oxygen atoms in total. The van der Waals surface area contributed by atoms with Crippen LogP contribution in [0.3, 0.4) is 0 Å². The van der Waals surface area contributed by atoms with E-state index in [-0.39, 0.29) is 24.2 Å². The molecule has 1 aromatic heterocycles. The average Bonchev–Trinajstić information content (AvgIpc) is 2.83. The zero-order valence-electron chi connectivity index (χ0n) is 19.6. The maximum atomic E-state index is 13.0. The van der Waals surface area contributed by atoms with Gasteiger partial charge in [-0.2, -0.15) is 0 Å². The normalized spacial score (nSPS) is 11.9. The van der Waals surface area contributed by atoms with Crippen LogP contribution in [0.1, 0.15) is 44.4 Å². The quantitative estimate of drug-likeness (QED) is 0.436. The zero-order chi connectivity index (χ0) is 24.5. The van der Waals surface area contributed by atoms with E-state index in [1.807, 2.05) is 24.3 Å². The number of carbonyl (C=O) groups is 2. The highest BCUT2D eigenvalue weighted by Crippen LogP contribution is 2.12. The van der Waals surface area contributed by atoms with E-state index in [9.17, 15) is 18.8 Å². The highest BCUT2D eigenvalue weighted by molar-refractivity contribution is 5.83. The van der Waals surface area contributed by atoms with Crippen molar-refractivity contribution in [2.24, 2.45) is 0 Å². The summed E-state index contributed by atoms with van der Waals surface area (Å²) in [7, 11) is 0. The molecule has 1 N–H and O–H groups in total. The minimum absolute atomic E-state index is 0.0540. The van der Waals surface area contributed by atoms with Crippen LogP contribution in [0, 0.1) is 5.82 Å². The standard InChI is InChI=1S/C26H30FN3O4/c1-3-4-17-30-23-8-6-5-7-21(23)29-22(26(30)33)13-14-24(31)34-18(2)25(32)28-16-15-19-9-11-20(27)12-10-19/h5-12,18H,3-4,13-17H2,1-2H3,(H,28,32). The van der Waals surface area contributed by atoms with Gasteiger partial charge in [0.25, 0.3) is 11.5 Å². The number of aryl methyl sites for hydroxylation is 2. The van der Waals surface area contributed by atoms with Gasteiger partial charge in [0, 0.05) is 19.5 Å². The minimum atomic E-state index is -0.966. The number of benzene rings is 2. The second-order valence-corrected chi connectivity index (χ2v) is 8.16. The fraction of sp³-hybridized carbons (Fsp3) is 0.385. The van der Waals surface area contributed by atoms with Crippen LogP contribution in [0.25, 0.3) is 11.0 Å². The van der Waals surface area contributed by atoms with Gasteiger partial charge in [0.05, 0.1) is 17.5 Å². The molecule has 1 heterocycles. The van der Waals surface area contributed by atoms with Crippen molar-refractivity contribution in [2.45, 2.75) is 58.6 Å². The topological polar surface area (TPSA) is 90.3 Å². The van der Waals surface area contributed by atoms with E-state index in [0.717, 1.165) is 23.9 Å². The zero-order valence-corrected chi connectivity index (χ0v) is 19.6. The largest absolute Gasteiger partial charge is 0.453 e. The molecule has 1 amide bonds. The van der Waals surface area contributed by atoms with Gasteiger partial charge in [-0.1, -0.05) is 37.6 Å². The van der Waals surface area contributed by atoms with E-state index in [2.05, 4.69) is 17.2 Å². The number of fused-ring (bicyclic) bond motifs is 1. The van der Waals surface area contributed by atoms with Crippen LogP contribution in [0.15, 0.2) is 53.3 Å². The van der Waals surface area contributed by atoms with E-state index in [1.165, 1.54) is 19.1 Å². The SMILES string of the molecule is CCCCn1c(=O)c(CCC(=O)OC(C)C(=O)NCCc2ccc(F)cc2)nc2ccccc21. The summed E-state index contributed by atoms with van der Waals surface area (Å²) in [5, 5.41) is 2.71. The minimum Gasteiger partial charge on any atom is -0.453 e. The molecule has 1 unspecified atom stereocenters. The van der Waals surface area contributed by atoms with Gasteiger partial charge in [0.15, 0.2) is 6.10 Å². The van der Waals surface area contributed by atoms with Gasteiger partial charge in [-0.25, -0.2) is 9.37 Å². The van der Waals surface area contributed by atoms with Crippen LogP contribution in [0.5, 0.6) is 0 Å². The van der Waals surface area contributed by atoms with Crippen molar-refractivity contribution >= 4 is 22.9 Å². The molecule has 8 heteroatoms. The lowest BCUT2D eigenvalue weighted by molar-refractivity contribution is -0.154. The summed E-state index contributed by atoms with van der Waals surface area (Å²) >= 11 is 0. The molecule has 0 fully saturated rings. The summed E-state index contributed by atoms with van der Waals surface area (Å²) in [5.41, 5.74) is 2.47. The van der Waals surface area contributed by atoms with Crippen molar-refractivity contribution in [2.75, 3.05) is 6.54 Å². The maximum absolute atomic E-state index is 13.0. The first-order chi connectivity index (χ1) is 16.4. The Hall–Kier alpha value is -3.55. The number of hydrogen-bond acceptors (Lipinski definition) is 5. The number of esters is 1. The molecule has 0 aliphatic heterocycles. The van der Waals surface area contributed by atoms with Crippen molar-refractivity contribution in [3.05, 3.63) is 76.0 Å². The molecule has 2 aromatic carbocycles. The summed E-state index contributed by atoms with van der Waals surface area (Å²) in [6, 6.07) is 13.5. The van der Waals surface area contributed by atoms with Gasteiger partial charge in [0.2, 0.25) is 0 Å². The van der Waals surface area contributed by atoms with Crippen molar-refractivity contribution < 1.29 is 18.7 Å². The molecule has 3 rings (SSSR count). The monoisotopic (exact) mass is 467 g/mol. The summed E-state index contributed by atoms with van der Waals surface area (Å²) in [6.07, 6.45) is 1.46. The van der Waals surface area contributed by atoms with Crippen LogP contribution in [-0.2, 0) is 33.7 Å². The Morgan fingerprint density at radius 3 is 2.59 bits per heavy atom. The van der Waals surface area contributed by atoms with E-state index < -0.39 is 18.0 Å². The van der Waals surface area contributed by atoms with Crippen LogP contribution >= 0.6 is 0 Å². The molecule has 180 valence electrons. The van der Waals surface area contributed by atoms with Crippen LogP contribution < -0.4 is 10.9 Å². The molecule has 0 aliphatic carbocycles. The number of amides is 1. The maximum Gasteiger partial charge on any atom is 0.306 e. The first kappa shape index (κ1) is 25.1. The lowest BCUT2D eigenvalue weighted by Crippen LogP contribution is -2.37. The van der Waals surface area contributed by atoms with Crippen LogP contribution in [-0.4, -0.2) is 34.1 Å². The Labute approximate surface area is 198 Å². The fourth-order valence-corrected chi connectivity index (χ4v) is 3.60. The second-order valence-electron chi connectivity index (χ2n) is 8.16. The molecule has 0 saturated carbocycles. The molecule has 0 aliphatic rings. The first-order valence-electron chi connectivity index (χ1n) is 11.6. The summed E-state index contributed by atoms with van der Waals surface area (Å²) in [5.74, 6) is -1.30. The Kier molecular flexibility index (Phi) is 8.90. The number of nitrogens with zero attached hydrogens (tertiary/aromatic N) is 2. The molecule has 0 spiro atoms. The van der Waals surface area contributed by atoms with Crippen LogP contribution in [0.2, 0.25) is 0 Å². The third kappa shape index (κ3) is 6.73. The molecule has 3 aromatic rings. The van der Waals surface area contributed by atoms with E-state index in [0.29, 0.717) is 30.7 Å². The molecule has 34 heavy (non-hydrogen) atoms. The van der Waals surface area contributed by atoms with Gasteiger partial charge >= 0.3 is 5.97 Å². The molecular weight excluding hydrogens is 437 g/mol. The molecule has 0 saturated heterocycles. The third-order valence-electron chi connectivity index (χ3n) is 5.52. The highest BCUT2D eigenvalue weighted by atomic mass is 19.1. The molecule has 1 atom stereocenters. The second kappa shape index (κ2) is 12.1. The van der Waals surface area contributed by atoms with Crippen molar-refractivity contribution in [1.82, 2.24) is 14.9 Å². The van der Waals surface area contributed by atoms with Crippen LogP contribution in [0.4, 0.5) is 4.39 Å². The summed E-state index contributed by atoms with van der Waals surface area (Å²) < 4.78 is 19.9. The van der Waals surface area contributed by atoms with Gasteiger partial charge in [-0.15, -0.1) is 0 Å². The lowest BCUT2D eigenvalue weighted by atomic mass is 10.1. The number of ether oxygens (including phenoxy) is 1. The third-order valence-corrected chi connectivity index (χ3v) is 5.52. The predicted octanol–water partition coefficient (Wildman–Crippen LogP) is 3.56. The number of rotatable bonds is 11. The summed E-state index contributed by atoms with van der Waals surface area (Å²) in [6.45, 7) is 4.48. The number of nitrogens with one attached hydrogen (secondary N) is 1. The number of carbonyl (C=O) groups excluding carboxylic acids is 2. The Morgan fingerprint density at radius 1 is 1.12 bits per heavy atom. The average molecular weight is 468 g/mol. The number of aromatic nitrogens is 2. The number of unbranched alkanes of at least 4 members (excludes halogenated alkanes) is 1. The summed E-state index contributed by atoms with van der Waals surface area (Å²) in [4.78, 5) is 42.0. The Morgan fingerprint density at radius 2 is 1.85 bits per heavy atom. The Bertz CT molecular complexity index is 1190. The predicted molar refractivity (Wildman–Crippen MR) is 128 cm³/mol. The van der Waals surface area contributed by atoms with Crippen molar-refractivity contribution in [3.8, 4) is 0 Å². The smallest absolute Gasteiger partial charge is 0.306 e.